The number of carboxylic acid groups (broad SMARTS) is 1. The van der Waals surface area contributed by atoms with Crippen LogP contribution in [0.15, 0.2) is 12.2 Å². The predicted molar refractivity (Wildman–Crippen MR) is 136 cm³/mol. The minimum atomic E-state index is -0.565. The van der Waals surface area contributed by atoms with Crippen LogP contribution in [0.5, 0.6) is 0 Å². The van der Waals surface area contributed by atoms with Gasteiger partial charge in [-0.05, 0) is 111 Å². The number of nitrogens with two attached hydrogens (primary N) is 1. The van der Waals surface area contributed by atoms with E-state index in [1.54, 1.807) is 0 Å². The molecule has 10 atom stereocenters. The van der Waals surface area contributed by atoms with Crippen LogP contribution in [0.1, 0.15) is 106 Å². The van der Waals surface area contributed by atoms with Crippen molar-refractivity contribution < 1.29 is 15.0 Å². The number of allylic oxidation sites excluding steroid dienone is 1. The zero-order chi connectivity index (χ0) is 25.1. The Labute approximate surface area is 207 Å². The lowest BCUT2D eigenvalue weighted by molar-refractivity contribution is -0.255. The SMILES string of the molecule is C=C(C)[C@@H]1CC[C@]2(C(=O)O)CC[C@]3(C)[C@H](CC[C@@H]4[C@@]5(C)CC[C@H](O)C(C)(C)[C@]5(N)CC[C@]43C)C12. The van der Waals surface area contributed by atoms with Crippen molar-refractivity contribution in [1.29, 1.82) is 0 Å². The van der Waals surface area contributed by atoms with E-state index in [1.165, 1.54) is 5.57 Å². The normalized spacial score (nSPS) is 55.9. The zero-order valence-corrected chi connectivity index (χ0v) is 22.5. The Balaban J connectivity index is 1.59. The Morgan fingerprint density at radius 1 is 0.853 bits per heavy atom. The van der Waals surface area contributed by atoms with Gasteiger partial charge in [-0.2, -0.15) is 0 Å². The Kier molecular flexibility index (Phi) is 5.20. The van der Waals surface area contributed by atoms with Crippen molar-refractivity contribution in [2.75, 3.05) is 0 Å². The van der Waals surface area contributed by atoms with Gasteiger partial charge in [0, 0.05) is 11.0 Å². The van der Waals surface area contributed by atoms with E-state index >= 15 is 0 Å². The molecule has 1 unspecified atom stereocenters. The first kappa shape index (κ1) is 24.8. The third kappa shape index (κ3) is 2.56. The maximum atomic E-state index is 12.8. The average molecular weight is 472 g/mol. The third-order valence-corrected chi connectivity index (χ3v) is 14.0. The summed E-state index contributed by atoms with van der Waals surface area (Å²) in [6.45, 7) is 18.4. The number of carboxylic acids is 1. The second kappa shape index (κ2) is 7.12. The van der Waals surface area contributed by atoms with Crippen LogP contribution in [0.3, 0.4) is 0 Å². The second-order valence-corrected chi connectivity index (χ2v) is 14.7. The van der Waals surface area contributed by atoms with Gasteiger partial charge in [-0.1, -0.05) is 46.8 Å². The van der Waals surface area contributed by atoms with E-state index in [0.29, 0.717) is 17.8 Å². The topological polar surface area (TPSA) is 83.5 Å². The Bertz CT molecular complexity index is 913. The smallest absolute Gasteiger partial charge is 0.309 e. The lowest BCUT2D eigenvalue weighted by atomic mass is 9.30. The van der Waals surface area contributed by atoms with Crippen LogP contribution in [0, 0.1) is 50.7 Å². The van der Waals surface area contributed by atoms with E-state index < -0.39 is 11.4 Å². The summed E-state index contributed by atoms with van der Waals surface area (Å²) in [5, 5.41) is 21.5. The van der Waals surface area contributed by atoms with Crippen LogP contribution >= 0.6 is 0 Å². The summed E-state index contributed by atoms with van der Waals surface area (Å²) in [5.74, 6) is 0.918. The third-order valence-electron chi connectivity index (χ3n) is 14.0. The van der Waals surface area contributed by atoms with Crippen molar-refractivity contribution in [1.82, 2.24) is 0 Å². The summed E-state index contributed by atoms with van der Waals surface area (Å²) in [6, 6.07) is 0. The molecule has 0 saturated heterocycles. The molecule has 0 bridgehead atoms. The highest BCUT2D eigenvalue weighted by molar-refractivity contribution is 5.76. The fourth-order valence-corrected chi connectivity index (χ4v) is 11.4. The van der Waals surface area contributed by atoms with Crippen LogP contribution in [0.4, 0.5) is 0 Å². The van der Waals surface area contributed by atoms with Crippen LogP contribution in [-0.2, 0) is 4.79 Å². The molecule has 5 saturated carbocycles. The molecule has 0 aliphatic heterocycles. The second-order valence-electron chi connectivity index (χ2n) is 14.7. The Morgan fingerprint density at radius 3 is 2.12 bits per heavy atom. The molecule has 5 rings (SSSR count). The first-order valence-corrected chi connectivity index (χ1v) is 14.0. The molecule has 192 valence electrons. The molecule has 34 heavy (non-hydrogen) atoms. The zero-order valence-electron chi connectivity index (χ0n) is 22.5. The van der Waals surface area contributed by atoms with Crippen molar-refractivity contribution in [3.8, 4) is 0 Å². The molecular weight excluding hydrogens is 422 g/mol. The first-order chi connectivity index (χ1) is 15.6. The molecule has 5 aliphatic carbocycles. The van der Waals surface area contributed by atoms with Crippen LogP contribution < -0.4 is 5.73 Å². The van der Waals surface area contributed by atoms with E-state index in [9.17, 15) is 15.0 Å². The molecule has 0 aromatic rings. The van der Waals surface area contributed by atoms with Gasteiger partial charge in [0.25, 0.3) is 0 Å². The van der Waals surface area contributed by atoms with Crippen LogP contribution in [0.25, 0.3) is 0 Å². The number of carbonyl (C=O) groups is 1. The maximum absolute atomic E-state index is 12.8. The van der Waals surface area contributed by atoms with Crippen LogP contribution in [-0.4, -0.2) is 27.8 Å². The molecule has 4 nitrogen and oxygen atoms in total. The quantitative estimate of drug-likeness (QED) is 0.420. The number of aliphatic hydroxyl groups excluding tert-OH is 1. The Morgan fingerprint density at radius 2 is 1.50 bits per heavy atom. The summed E-state index contributed by atoms with van der Waals surface area (Å²) in [6.07, 6.45) is 9.35. The fourth-order valence-electron chi connectivity index (χ4n) is 11.4. The average Bonchev–Trinajstić information content (AvgIpc) is 3.16. The minimum absolute atomic E-state index is 0.0124. The lowest BCUT2D eigenvalue weighted by Crippen LogP contribution is -2.77. The van der Waals surface area contributed by atoms with Crippen molar-refractivity contribution >= 4 is 5.97 Å². The summed E-state index contributed by atoms with van der Waals surface area (Å²) < 4.78 is 0. The molecule has 4 heteroatoms. The summed E-state index contributed by atoms with van der Waals surface area (Å²) in [5.41, 5.74) is 7.58. The van der Waals surface area contributed by atoms with Crippen molar-refractivity contribution in [3.05, 3.63) is 12.2 Å². The van der Waals surface area contributed by atoms with E-state index in [0.717, 1.165) is 64.2 Å². The number of aliphatic carboxylic acids is 1. The van der Waals surface area contributed by atoms with Gasteiger partial charge in [-0.3, -0.25) is 4.79 Å². The lowest BCUT2D eigenvalue weighted by Gasteiger charge is -2.75. The van der Waals surface area contributed by atoms with Crippen molar-refractivity contribution in [2.45, 2.75) is 117 Å². The molecule has 0 spiro atoms. The monoisotopic (exact) mass is 471 g/mol. The molecule has 0 aromatic carbocycles. The predicted octanol–water partition coefficient (Wildman–Crippen LogP) is 6.17. The number of hydrogen-bond acceptors (Lipinski definition) is 3. The molecule has 4 N–H and O–H groups in total. The van der Waals surface area contributed by atoms with Gasteiger partial charge in [-0.15, -0.1) is 0 Å². The Hall–Kier alpha value is -0.870. The number of fused-ring (bicyclic) bond motifs is 7. The van der Waals surface area contributed by atoms with Crippen molar-refractivity contribution in [2.24, 2.45) is 56.5 Å². The van der Waals surface area contributed by atoms with Gasteiger partial charge in [0.1, 0.15) is 0 Å². The standard InChI is InChI=1S/C30H49NO3/c1-18(2)19-10-13-29(24(33)34)16-14-26(5)20(23(19)29)8-9-21-27(26,6)15-17-30(31)25(3,4)22(32)11-12-28(21,30)7/h19-23,32H,1,8-17,31H2,2-7H3,(H,33,34)/t19-,20+,21-,22-,23?,26+,27+,28+,29-,30+/m0/s1. The molecule has 0 heterocycles. The van der Waals surface area contributed by atoms with Gasteiger partial charge in [-0.25, -0.2) is 0 Å². The largest absolute Gasteiger partial charge is 0.481 e. The van der Waals surface area contributed by atoms with Gasteiger partial charge in [0.2, 0.25) is 0 Å². The summed E-state index contributed by atoms with van der Waals surface area (Å²) in [4.78, 5) is 12.8. The van der Waals surface area contributed by atoms with E-state index in [-0.39, 0.29) is 39.2 Å². The molecular formula is C30H49NO3. The molecule has 0 amide bonds. The van der Waals surface area contributed by atoms with Gasteiger partial charge in [0.05, 0.1) is 11.5 Å². The van der Waals surface area contributed by atoms with Gasteiger partial charge >= 0.3 is 5.97 Å². The maximum Gasteiger partial charge on any atom is 0.309 e. The minimum Gasteiger partial charge on any atom is -0.481 e. The van der Waals surface area contributed by atoms with Crippen LogP contribution in [0.2, 0.25) is 0 Å². The fraction of sp³-hybridized carbons (Fsp3) is 0.900. The first-order valence-electron chi connectivity index (χ1n) is 14.0. The summed E-state index contributed by atoms with van der Waals surface area (Å²) >= 11 is 0. The highest BCUT2D eigenvalue weighted by Crippen LogP contribution is 2.77. The van der Waals surface area contributed by atoms with Crippen molar-refractivity contribution in [3.63, 3.8) is 0 Å². The molecule has 5 aliphatic rings. The number of rotatable bonds is 2. The highest BCUT2D eigenvalue weighted by Gasteiger charge is 2.74. The van der Waals surface area contributed by atoms with Gasteiger partial charge in [0.15, 0.2) is 0 Å². The molecule has 0 aromatic heterocycles. The van der Waals surface area contributed by atoms with E-state index in [2.05, 4.69) is 48.1 Å². The molecule has 0 radical (unpaired) electrons. The van der Waals surface area contributed by atoms with Gasteiger partial charge < -0.3 is 15.9 Å². The number of aliphatic hydroxyl groups is 1. The van der Waals surface area contributed by atoms with E-state index in [1.807, 2.05) is 0 Å². The highest BCUT2D eigenvalue weighted by atomic mass is 16.4. The van der Waals surface area contributed by atoms with E-state index in [4.69, 9.17) is 5.73 Å². The number of hydrogen-bond donors (Lipinski definition) is 3. The summed E-state index contributed by atoms with van der Waals surface area (Å²) in [7, 11) is 0. The molecule has 5 fully saturated rings.